The molecule has 1 saturated heterocycles. The summed E-state index contributed by atoms with van der Waals surface area (Å²) in [5.74, 6) is 0.432. The topological polar surface area (TPSA) is 43.4 Å². The van der Waals surface area contributed by atoms with Gasteiger partial charge in [0.1, 0.15) is 11.6 Å². The normalized spacial score (nSPS) is 22.2. The Hall–Kier alpha value is -2.08. The molecule has 0 radical (unpaired) electrons. The Morgan fingerprint density at radius 3 is 2.70 bits per heavy atom. The molecular formula is C17H24FN5. The van der Waals surface area contributed by atoms with Gasteiger partial charge < -0.3 is 20.4 Å². The van der Waals surface area contributed by atoms with Gasteiger partial charge in [-0.1, -0.05) is 6.92 Å². The van der Waals surface area contributed by atoms with Crippen LogP contribution in [0.1, 0.15) is 13.8 Å². The lowest BCUT2D eigenvalue weighted by Crippen LogP contribution is -2.46. The van der Waals surface area contributed by atoms with Crippen molar-refractivity contribution in [2.45, 2.75) is 20.0 Å². The van der Waals surface area contributed by atoms with Crippen LogP contribution in [0, 0.1) is 0 Å². The van der Waals surface area contributed by atoms with Gasteiger partial charge in [0.25, 0.3) is 0 Å². The summed E-state index contributed by atoms with van der Waals surface area (Å²) in [4.78, 5) is 9.20. The molecule has 124 valence electrons. The van der Waals surface area contributed by atoms with E-state index >= 15 is 0 Å². The van der Waals surface area contributed by atoms with Gasteiger partial charge in [0, 0.05) is 32.4 Å². The fourth-order valence-electron chi connectivity index (χ4n) is 2.88. The largest absolute Gasteiger partial charge is 0.368 e. The molecule has 5 nitrogen and oxygen atoms in total. The monoisotopic (exact) mass is 317 g/mol. The van der Waals surface area contributed by atoms with Crippen molar-refractivity contribution in [3.8, 4) is 0 Å². The van der Waals surface area contributed by atoms with Crippen LogP contribution in [0.2, 0.25) is 0 Å². The number of likely N-dealkylation sites (N-methyl/N-ethyl adjacent to an activating group) is 1. The molecule has 1 aromatic rings. The Bertz CT molecular complexity index is 588. The second-order valence-corrected chi connectivity index (χ2v) is 5.98. The first-order valence-electron chi connectivity index (χ1n) is 8.15. The number of hydrogen-bond acceptors (Lipinski definition) is 5. The molecule has 0 spiro atoms. The second-order valence-electron chi connectivity index (χ2n) is 5.98. The molecule has 0 amide bonds. The number of dihydropyridines is 1. The van der Waals surface area contributed by atoms with E-state index in [9.17, 15) is 4.39 Å². The molecular weight excluding hydrogens is 293 g/mol. The first-order valence-corrected chi connectivity index (χ1v) is 8.15. The van der Waals surface area contributed by atoms with Crippen LogP contribution in [-0.2, 0) is 0 Å². The zero-order valence-corrected chi connectivity index (χ0v) is 13.7. The van der Waals surface area contributed by atoms with E-state index in [1.807, 2.05) is 25.3 Å². The second kappa shape index (κ2) is 7.00. The SMILES string of the molecule is CCN1CCN(c2ccc(N[C@H]3NC=C(C)C=C3F)nc2)CC1. The molecule has 2 aliphatic heterocycles. The van der Waals surface area contributed by atoms with E-state index in [2.05, 4.69) is 32.3 Å². The quantitative estimate of drug-likeness (QED) is 0.892. The van der Waals surface area contributed by atoms with Crippen molar-refractivity contribution < 1.29 is 4.39 Å². The third kappa shape index (κ3) is 3.82. The summed E-state index contributed by atoms with van der Waals surface area (Å²) in [6.07, 6.45) is 4.62. The number of piperazine rings is 1. The van der Waals surface area contributed by atoms with Gasteiger partial charge >= 0.3 is 0 Å². The Labute approximate surface area is 136 Å². The summed E-state index contributed by atoms with van der Waals surface area (Å²) in [5, 5.41) is 6.04. The van der Waals surface area contributed by atoms with Crippen molar-refractivity contribution >= 4 is 11.5 Å². The Kier molecular flexibility index (Phi) is 4.81. The fraction of sp³-hybridized carbons (Fsp3) is 0.471. The van der Waals surface area contributed by atoms with Gasteiger partial charge in [-0.3, -0.25) is 0 Å². The van der Waals surface area contributed by atoms with Crippen molar-refractivity contribution in [1.82, 2.24) is 15.2 Å². The van der Waals surface area contributed by atoms with Crippen molar-refractivity contribution in [3.05, 3.63) is 42.0 Å². The maximum Gasteiger partial charge on any atom is 0.151 e. The summed E-state index contributed by atoms with van der Waals surface area (Å²) in [6, 6.07) is 3.95. The van der Waals surface area contributed by atoms with E-state index in [1.165, 1.54) is 6.08 Å². The average molecular weight is 317 g/mol. The summed E-state index contributed by atoms with van der Waals surface area (Å²) in [6.45, 7) is 9.38. The molecule has 2 aliphatic rings. The first-order chi connectivity index (χ1) is 11.2. The lowest BCUT2D eigenvalue weighted by molar-refractivity contribution is 0.271. The maximum absolute atomic E-state index is 13.9. The number of halogens is 1. The molecule has 1 atom stereocenters. The smallest absolute Gasteiger partial charge is 0.151 e. The van der Waals surface area contributed by atoms with Gasteiger partial charge in [-0.15, -0.1) is 0 Å². The highest BCUT2D eigenvalue weighted by molar-refractivity contribution is 5.50. The van der Waals surface area contributed by atoms with Crippen molar-refractivity contribution in [3.63, 3.8) is 0 Å². The number of anilines is 2. The van der Waals surface area contributed by atoms with Gasteiger partial charge in [0.2, 0.25) is 0 Å². The molecule has 0 bridgehead atoms. The van der Waals surface area contributed by atoms with Crippen LogP contribution < -0.4 is 15.5 Å². The van der Waals surface area contributed by atoms with Gasteiger partial charge in [0.05, 0.1) is 11.9 Å². The van der Waals surface area contributed by atoms with Gasteiger partial charge in [0.15, 0.2) is 6.17 Å². The van der Waals surface area contributed by atoms with Crippen molar-refractivity contribution in [2.24, 2.45) is 0 Å². The number of aromatic nitrogens is 1. The molecule has 3 rings (SSSR count). The maximum atomic E-state index is 13.9. The minimum Gasteiger partial charge on any atom is -0.368 e. The molecule has 0 saturated carbocycles. The van der Waals surface area contributed by atoms with E-state index in [0.29, 0.717) is 5.82 Å². The molecule has 0 aromatic carbocycles. The van der Waals surface area contributed by atoms with E-state index < -0.39 is 6.17 Å². The van der Waals surface area contributed by atoms with Gasteiger partial charge in [-0.2, -0.15) is 0 Å². The van der Waals surface area contributed by atoms with Crippen molar-refractivity contribution in [2.75, 3.05) is 42.9 Å². The van der Waals surface area contributed by atoms with Crippen LogP contribution in [0.4, 0.5) is 15.9 Å². The van der Waals surface area contributed by atoms with Crippen LogP contribution in [0.25, 0.3) is 0 Å². The molecule has 2 N–H and O–H groups in total. The zero-order valence-electron chi connectivity index (χ0n) is 13.7. The summed E-state index contributed by atoms with van der Waals surface area (Å²) in [7, 11) is 0. The van der Waals surface area contributed by atoms with Gasteiger partial charge in [-0.25, -0.2) is 9.37 Å². The molecule has 3 heterocycles. The highest BCUT2D eigenvalue weighted by Gasteiger charge is 2.18. The summed E-state index contributed by atoms with van der Waals surface area (Å²) >= 11 is 0. The number of nitrogens with zero attached hydrogens (tertiary/aromatic N) is 3. The van der Waals surface area contributed by atoms with Crippen LogP contribution in [-0.4, -0.2) is 48.8 Å². The van der Waals surface area contributed by atoms with Crippen LogP contribution in [0.3, 0.4) is 0 Å². The number of rotatable bonds is 4. The highest BCUT2D eigenvalue weighted by atomic mass is 19.1. The zero-order chi connectivity index (χ0) is 16.2. The molecule has 6 heteroatoms. The molecule has 0 aliphatic carbocycles. The first kappa shape index (κ1) is 15.8. The molecule has 23 heavy (non-hydrogen) atoms. The van der Waals surface area contributed by atoms with E-state index in [0.717, 1.165) is 44.0 Å². The fourth-order valence-corrected chi connectivity index (χ4v) is 2.88. The standard InChI is InChI=1S/C17H24FN5/c1-3-22-6-8-23(9-7-22)14-4-5-16(19-12-14)21-17-15(18)10-13(2)11-20-17/h4-5,10-12,17,20H,3,6-9H2,1-2H3,(H,19,21)/t17-/m1/s1. The Morgan fingerprint density at radius 1 is 1.30 bits per heavy atom. The minimum atomic E-state index is -0.551. The van der Waals surface area contributed by atoms with E-state index in [4.69, 9.17) is 0 Å². The van der Waals surface area contributed by atoms with Gasteiger partial charge in [-0.05, 0) is 37.3 Å². The van der Waals surface area contributed by atoms with E-state index in [-0.39, 0.29) is 5.83 Å². The summed E-state index contributed by atoms with van der Waals surface area (Å²) < 4.78 is 13.9. The predicted octanol–water partition coefficient (Wildman–Crippen LogP) is 2.32. The van der Waals surface area contributed by atoms with Crippen LogP contribution in [0.15, 0.2) is 42.0 Å². The third-order valence-electron chi connectivity index (χ3n) is 4.34. The molecule has 1 aromatic heterocycles. The molecule has 0 unspecified atom stereocenters. The highest BCUT2D eigenvalue weighted by Crippen LogP contribution is 2.19. The summed E-state index contributed by atoms with van der Waals surface area (Å²) in [5.41, 5.74) is 1.99. The number of allylic oxidation sites excluding steroid dienone is 2. The van der Waals surface area contributed by atoms with Crippen LogP contribution >= 0.6 is 0 Å². The Morgan fingerprint density at radius 2 is 2.09 bits per heavy atom. The lowest BCUT2D eigenvalue weighted by atomic mass is 10.2. The van der Waals surface area contributed by atoms with Crippen molar-refractivity contribution in [1.29, 1.82) is 0 Å². The number of hydrogen-bond donors (Lipinski definition) is 2. The van der Waals surface area contributed by atoms with Crippen LogP contribution in [0.5, 0.6) is 0 Å². The predicted molar refractivity (Wildman–Crippen MR) is 92.1 cm³/mol. The van der Waals surface area contributed by atoms with E-state index in [1.54, 1.807) is 6.20 Å². The molecule has 1 fully saturated rings. The number of nitrogens with one attached hydrogen (secondary N) is 2. The Balaban J connectivity index is 1.59. The average Bonchev–Trinajstić information content (AvgIpc) is 2.58. The minimum absolute atomic E-state index is 0.230. The lowest BCUT2D eigenvalue weighted by Gasteiger charge is -2.35. The number of pyridine rings is 1. The third-order valence-corrected chi connectivity index (χ3v) is 4.34.